The maximum absolute atomic E-state index is 12.8. The standard InChI is InChI=1S/C20H30N4O3/c1-23-9-11-24(12-10-23)19(25)16-7-8-18(27-2)17(13-16)22-20(26)21-14-15-5-3-4-6-15/h7-8,13,15H,3-6,9-12,14H2,1-2H3,(H2,21,22,26). The van der Waals surface area contributed by atoms with Crippen molar-refractivity contribution in [2.45, 2.75) is 25.7 Å². The van der Waals surface area contributed by atoms with Crippen molar-refractivity contribution in [1.82, 2.24) is 15.1 Å². The van der Waals surface area contributed by atoms with Gasteiger partial charge in [-0.15, -0.1) is 0 Å². The number of urea groups is 1. The molecule has 1 saturated carbocycles. The van der Waals surface area contributed by atoms with E-state index in [0.717, 1.165) is 13.1 Å². The first kappa shape index (κ1) is 19.5. The smallest absolute Gasteiger partial charge is 0.319 e. The Bertz CT molecular complexity index is 665. The van der Waals surface area contributed by atoms with Crippen LogP contribution in [0, 0.1) is 5.92 Å². The summed E-state index contributed by atoms with van der Waals surface area (Å²) in [6.45, 7) is 3.86. The van der Waals surface area contributed by atoms with Gasteiger partial charge in [0, 0.05) is 38.3 Å². The number of nitrogens with zero attached hydrogens (tertiary/aromatic N) is 2. The summed E-state index contributed by atoms with van der Waals surface area (Å²) < 4.78 is 5.34. The highest BCUT2D eigenvalue weighted by Crippen LogP contribution is 2.27. The maximum Gasteiger partial charge on any atom is 0.319 e. The quantitative estimate of drug-likeness (QED) is 0.830. The fourth-order valence-corrected chi connectivity index (χ4v) is 3.75. The van der Waals surface area contributed by atoms with Gasteiger partial charge in [-0.2, -0.15) is 0 Å². The van der Waals surface area contributed by atoms with Gasteiger partial charge in [0.2, 0.25) is 0 Å². The molecule has 7 heteroatoms. The van der Waals surface area contributed by atoms with E-state index >= 15 is 0 Å². The van der Waals surface area contributed by atoms with Gasteiger partial charge in [0.1, 0.15) is 5.75 Å². The van der Waals surface area contributed by atoms with Crippen LogP contribution in [0.4, 0.5) is 10.5 Å². The van der Waals surface area contributed by atoms with Crippen LogP contribution in [-0.4, -0.2) is 68.6 Å². The molecule has 1 aromatic rings. The number of anilines is 1. The molecule has 2 N–H and O–H groups in total. The van der Waals surface area contributed by atoms with E-state index in [1.807, 2.05) is 4.90 Å². The zero-order valence-electron chi connectivity index (χ0n) is 16.3. The average molecular weight is 374 g/mol. The lowest BCUT2D eigenvalue weighted by atomic mass is 10.1. The lowest BCUT2D eigenvalue weighted by molar-refractivity contribution is 0.0664. The van der Waals surface area contributed by atoms with Gasteiger partial charge >= 0.3 is 6.03 Å². The summed E-state index contributed by atoms with van der Waals surface area (Å²) in [5.41, 5.74) is 1.08. The summed E-state index contributed by atoms with van der Waals surface area (Å²) in [7, 11) is 3.61. The van der Waals surface area contributed by atoms with Gasteiger partial charge < -0.3 is 25.2 Å². The van der Waals surface area contributed by atoms with Crippen molar-refractivity contribution in [2.75, 3.05) is 52.2 Å². The Morgan fingerprint density at radius 2 is 1.85 bits per heavy atom. The number of hydrogen-bond acceptors (Lipinski definition) is 4. The summed E-state index contributed by atoms with van der Waals surface area (Å²) in [5.74, 6) is 1.10. The number of amides is 3. The number of hydrogen-bond donors (Lipinski definition) is 2. The fourth-order valence-electron chi connectivity index (χ4n) is 3.75. The molecular weight excluding hydrogens is 344 g/mol. The highest BCUT2D eigenvalue weighted by molar-refractivity contribution is 5.98. The van der Waals surface area contributed by atoms with Crippen LogP contribution in [0.15, 0.2) is 18.2 Å². The Kier molecular flexibility index (Phi) is 6.55. The van der Waals surface area contributed by atoms with E-state index in [1.54, 1.807) is 25.3 Å². The van der Waals surface area contributed by atoms with Crippen molar-refractivity contribution in [3.05, 3.63) is 23.8 Å². The molecule has 2 fully saturated rings. The normalized spacial score (nSPS) is 18.4. The van der Waals surface area contributed by atoms with Crippen LogP contribution >= 0.6 is 0 Å². The Morgan fingerprint density at radius 3 is 2.52 bits per heavy atom. The van der Waals surface area contributed by atoms with Crippen LogP contribution in [0.5, 0.6) is 5.75 Å². The molecule has 7 nitrogen and oxygen atoms in total. The van der Waals surface area contributed by atoms with Crippen molar-refractivity contribution in [2.24, 2.45) is 5.92 Å². The van der Waals surface area contributed by atoms with Crippen LogP contribution in [-0.2, 0) is 0 Å². The highest BCUT2D eigenvalue weighted by atomic mass is 16.5. The van der Waals surface area contributed by atoms with Crippen molar-refractivity contribution >= 4 is 17.6 Å². The van der Waals surface area contributed by atoms with Crippen molar-refractivity contribution in [1.29, 1.82) is 0 Å². The molecule has 3 rings (SSSR count). The molecule has 1 aliphatic heterocycles. The molecule has 0 aromatic heterocycles. The number of likely N-dealkylation sites (N-methyl/N-ethyl adjacent to an activating group) is 1. The minimum Gasteiger partial charge on any atom is -0.495 e. The third-order valence-electron chi connectivity index (χ3n) is 5.51. The molecule has 1 heterocycles. The largest absolute Gasteiger partial charge is 0.495 e. The molecule has 1 aliphatic carbocycles. The van der Waals surface area contributed by atoms with Crippen molar-refractivity contribution in [3.63, 3.8) is 0 Å². The maximum atomic E-state index is 12.8. The number of ether oxygens (including phenoxy) is 1. The number of nitrogens with one attached hydrogen (secondary N) is 2. The molecule has 0 radical (unpaired) electrons. The first-order valence-corrected chi connectivity index (χ1v) is 9.77. The Balaban J connectivity index is 1.63. The van der Waals surface area contributed by atoms with E-state index in [9.17, 15) is 9.59 Å². The van der Waals surface area contributed by atoms with Gasteiger partial charge in [-0.1, -0.05) is 12.8 Å². The van der Waals surface area contributed by atoms with Gasteiger partial charge in [0.25, 0.3) is 5.91 Å². The summed E-state index contributed by atoms with van der Waals surface area (Å²) in [6.07, 6.45) is 4.85. The number of benzene rings is 1. The fraction of sp³-hybridized carbons (Fsp3) is 0.600. The summed E-state index contributed by atoms with van der Waals surface area (Å²) in [4.78, 5) is 29.1. The van der Waals surface area contributed by atoms with Gasteiger partial charge in [-0.05, 0) is 44.0 Å². The zero-order chi connectivity index (χ0) is 19.2. The average Bonchev–Trinajstić information content (AvgIpc) is 3.20. The van der Waals surface area contributed by atoms with Crippen LogP contribution in [0.3, 0.4) is 0 Å². The zero-order valence-corrected chi connectivity index (χ0v) is 16.3. The SMILES string of the molecule is COc1ccc(C(=O)N2CCN(C)CC2)cc1NC(=O)NCC1CCCC1. The Hall–Kier alpha value is -2.28. The van der Waals surface area contributed by atoms with E-state index in [1.165, 1.54) is 25.7 Å². The van der Waals surface area contributed by atoms with E-state index in [4.69, 9.17) is 4.74 Å². The molecule has 1 saturated heterocycles. The Labute approximate surface area is 161 Å². The van der Waals surface area contributed by atoms with E-state index in [2.05, 4.69) is 22.6 Å². The summed E-state index contributed by atoms with van der Waals surface area (Å²) in [5, 5.41) is 5.77. The first-order valence-electron chi connectivity index (χ1n) is 9.77. The van der Waals surface area contributed by atoms with Gasteiger partial charge in [0.15, 0.2) is 0 Å². The highest BCUT2D eigenvalue weighted by Gasteiger charge is 2.22. The molecule has 27 heavy (non-hydrogen) atoms. The van der Waals surface area contributed by atoms with Crippen LogP contribution in [0.2, 0.25) is 0 Å². The van der Waals surface area contributed by atoms with Gasteiger partial charge in [-0.25, -0.2) is 4.79 Å². The second kappa shape index (κ2) is 9.08. The van der Waals surface area contributed by atoms with Gasteiger partial charge in [0.05, 0.1) is 12.8 Å². The lowest BCUT2D eigenvalue weighted by Gasteiger charge is -2.32. The number of methoxy groups -OCH3 is 1. The molecule has 2 aliphatic rings. The molecular formula is C20H30N4O3. The van der Waals surface area contributed by atoms with Crippen LogP contribution < -0.4 is 15.4 Å². The number of carbonyl (C=O) groups excluding carboxylic acids is 2. The molecule has 0 atom stereocenters. The molecule has 3 amide bonds. The summed E-state index contributed by atoms with van der Waals surface area (Å²) >= 11 is 0. The van der Waals surface area contributed by atoms with E-state index < -0.39 is 0 Å². The first-order chi connectivity index (χ1) is 13.1. The monoisotopic (exact) mass is 374 g/mol. The van der Waals surface area contributed by atoms with E-state index in [0.29, 0.717) is 42.6 Å². The van der Waals surface area contributed by atoms with E-state index in [-0.39, 0.29) is 11.9 Å². The molecule has 0 unspecified atom stereocenters. The number of rotatable bonds is 5. The predicted octanol–water partition coefficient (Wildman–Crippen LogP) is 2.39. The van der Waals surface area contributed by atoms with Crippen molar-refractivity contribution in [3.8, 4) is 5.75 Å². The van der Waals surface area contributed by atoms with Gasteiger partial charge in [-0.3, -0.25) is 4.79 Å². The minimum atomic E-state index is -0.260. The second-order valence-corrected chi connectivity index (χ2v) is 7.50. The van der Waals surface area contributed by atoms with Crippen molar-refractivity contribution < 1.29 is 14.3 Å². The third-order valence-corrected chi connectivity index (χ3v) is 5.51. The van der Waals surface area contributed by atoms with Crippen LogP contribution in [0.25, 0.3) is 0 Å². The third kappa shape index (κ3) is 5.13. The van der Waals surface area contributed by atoms with Crippen LogP contribution in [0.1, 0.15) is 36.0 Å². The number of piperazine rings is 1. The minimum absolute atomic E-state index is 0.0137. The Morgan fingerprint density at radius 1 is 1.15 bits per heavy atom. The lowest BCUT2D eigenvalue weighted by Crippen LogP contribution is -2.47. The molecule has 148 valence electrons. The topological polar surface area (TPSA) is 73.9 Å². The number of carbonyl (C=O) groups is 2. The predicted molar refractivity (Wildman–Crippen MR) is 105 cm³/mol. The molecule has 0 spiro atoms. The second-order valence-electron chi connectivity index (χ2n) is 7.50. The molecule has 1 aromatic carbocycles. The molecule has 0 bridgehead atoms. The summed E-state index contributed by atoms with van der Waals surface area (Å²) in [6, 6.07) is 4.93.